The number of aromatic nitrogens is 3. The monoisotopic (exact) mass is 331 g/mol. The van der Waals surface area contributed by atoms with Crippen LogP contribution in [0.4, 0.5) is 11.4 Å². The van der Waals surface area contributed by atoms with Crippen molar-refractivity contribution in [2.24, 2.45) is 0 Å². The molecule has 1 aromatic carbocycles. The quantitative estimate of drug-likeness (QED) is 0.574. The van der Waals surface area contributed by atoms with Gasteiger partial charge in [0.15, 0.2) is 0 Å². The minimum Gasteiger partial charge on any atom is -0.361 e. The Labute approximate surface area is 142 Å². The first kappa shape index (κ1) is 14.4. The Morgan fingerprint density at radius 2 is 2.17 bits per heavy atom. The Kier molecular flexibility index (Phi) is 3.48. The van der Waals surface area contributed by atoms with Crippen LogP contribution in [-0.4, -0.2) is 15.0 Å². The molecule has 0 aliphatic carbocycles. The highest BCUT2D eigenvalue weighted by molar-refractivity contribution is 7.07. The molecule has 116 valence electrons. The molecule has 0 radical (unpaired) electrons. The second-order valence-corrected chi connectivity index (χ2v) is 6.12. The summed E-state index contributed by atoms with van der Waals surface area (Å²) in [5.74, 6) is 0. The van der Waals surface area contributed by atoms with E-state index in [0.717, 1.165) is 39.1 Å². The zero-order valence-electron chi connectivity index (χ0n) is 12.9. The van der Waals surface area contributed by atoms with Crippen LogP contribution in [0.2, 0.25) is 0 Å². The number of fused-ring (bicyclic) bond motifs is 1. The van der Waals surface area contributed by atoms with Crippen molar-refractivity contribution in [3.05, 3.63) is 58.8 Å². The molecule has 0 saturated heterocycles. The summed E-state index contributed by atoms with van der Waals surface area (Å²) in [5, 5.41) is 16.0. The van der Waals surface area contributed by atoms with Gasteiger partial charge in [0.25, 0.3) is 0 Å². The summed E-state index contributed by atoms with van der Waals surface area (Å²) >= 11 is 1.52. The predicted octanol–water partition coefficient (Wildman–Crippen LogP) is 4.61. The van der Waals surface area contributed by atoms with Gasteiger partial charge >= 0.3 is 0 Å². The van der Waals surface area contributed by atoms with Gasteiger partial charge in [-0.3, -0.25) is 4.98 Å². The number of nitrogens with one attached hydrogen (secondary N) is 2. The van der Waals surface area contributed by atoms with E-state index in [2.05, 4.69) is 39.3 Å². The topological polar surface area (TPSA) is 77.4 Å². The highest BCUT2D eigenvalue weighted by atomic mass is 32.1. The van der Waals surface area contributed by atoms with Crippen LogP contribution in [0, 0.1) is 18.3 Å². The number of hydrogen-bond acceptors (Lipinski definition) is 5. The fourth-order valence-electron chi connectivity index (χ4n) is 2.77. The molecule has 0 saturated carbocycles. The highest BCUT2D eigenvalue weighted by Gasteiger charge is 2.14. The van der Waals surface area contributed by atoms with Crippen LogP contribution < -0.4 is 5.32 Å². The first-order chi connectivity index (χ1) is 11.8. The Morgan fingerprint density at radius 1 is 1.25 bits per heavy atom. The molecule has 2 N–H and O–H groups in total. The third-order valence-electron chi connectivity index (χ3n) is 4.04. The Balaban J connectivity index is 1.87. The first-order valence-corrected chi connectivity index (χ1v) is 8.32. The van der Waals surface area contributed by atoms with Crippen molar-refractivity contribution in [2.75, 3.05) is 5.32 Å². The van der Waals surface area contributed by atoms with Gasteiger partial charge in [-0.15, -0.1) is 11.3 Å². The summed E-state index contributed by atoms with van der Waals surface area (Å²) in [7, 11) is 0. The summed E-state index contributed by atoms with van der Waals surface area (Å²) in [6.45, 7) is 2.06. The predicted molar refractivity (Wildman–Crippen MR) is 96.4 cm³/mol. The van der Waals surface area contributed by atoms with Crippen molar-refractivity contribution in [3.63, 3.8) is 0 Å². The molecule has 5 nitrogen and oxygen atoms in total. The van der Waals surface area contributed by atoms with Gasteiger partial charge in [-0.1, -0.05) is 0 Å². The highest BCUT2D eigenvalue weighted by Crippen LogP contribution is 2.34. The van der Waals surface area contributed by atoms with Crippen molar-refractivity contribution in [1.82, 2.24) is 15.0 Å². The average molecular weight is 331 g/mol. The molecule has 0 amide bonds. The van der Waals surface area contributed by atoms with E-state index in [-0.39, 0.29) is 0 Å². The number of anilines is 2. The number of nitriles is 1. The second-order valence-electron chi connectivity index (χ2n) is 5.40. The molecule has 4 aromatic rings. The van der Waals surface area contributed by atoms with Gasteiger partial charge in [-0.05, 0) is 30.7 Å². The van der Waals surface area contributed by atoms with E-state index in [9.17, 15) is 5.26 Å². The second kappa shape index (κ2) is 5.80. The van der Waals surface area contributed by atoms with Gasteiger partial charge in [0.2, 0.25) is 0 Å². The Bertz CT molecular complexity index is 1060. The SMILES string of the molecule is Cc1c(Nc2c(C#N)cncc2-c2cscn2)ccc2[nH]ccc12. The van der Waals surface area contributed by atoms with E-state index < -0.39 is 0 Å². The molecule has 0 fully saturated rings. The molecule has 0 aliphatic heterocycles. The molecule has 0 bridgehead atoms. The van der Waals surface area contributed by atoms with Gasteiger partial charge in [-0.25, -0.2) is 4.98 Å². The van der Waals surface area contributed by atoms with Crippen LogP contribution in [0.1, 0.15) is 11.1 Å². The van der Waals surface area contributed by atoms with Crippen LogP contribution in [0.25, 0.3) is 22.2 Å². The maximum Gasteiger partial charge on any atom is 0.103 e. The number of aryl methyl sites for hydroxylation is 1. The number of nitrogens with zero attached hydrogens (tertiary/aromatic N) is 3. The van der Waals surface area contributed by atoms with Crippen LogP contribution >= 0.6 is 11.3 Å². The van der Waals surface area contributed by atoms with Gasteiger partial charge in [0.05, 0.1) is 22.5 Å². The van der Waals surface area contributed by atoms with Gasteiger partial charge in [-0.2, -0.15) is 5.26 Å². The molecule has 0 spiro atoms. The van der Waals surface area contributed by atoms with Gasteiger partial charge < -0.3 is 10.3 Å². The van der Waals surface area contributed by atoms with Crippen molar-refractivity contribution in [1.29, 1.82) is 5.26 Å². The first-order valence-electron chi connectivity index (χ1n) is 7.38. The average Bonchev–Trinajstić information content (AvgIpc) is 3.29. The van der Waals surface area contributed by atoms with Gasteiger partial charge in [0, 0.05) is 46.1 Å². The third-order valence-corrected chi connectivity index (χ3v) is 4.62. The van der Waals surface area contributed by atoms with Crippen LogP contribution in [-0.2, 0) is 0 Å². The normalized spacial score (nSPS) is 10.7. The zero-order chi connectivity index (χ0) is 16.5. The lowest BCUT2D eigenvalue weighted by Crippen LogP contribution is -2.00. The van der Waals surface area contributed by atoms with Crippen LogP contribution in [0.3, 0.4) is 0 Å². The van der Waals surface area contributed by atoms with E-state index in [1.165, 1.54) is 11.3 Å². The number of pyridine rings is 1. The number of rotatable bonds is 3. The minimum atomic E-state index is 0.495. The molecular formula is C18H13N5S. The summed E-state index contributed by atoms with van der Waals surface area (Å²) in [6, 6.07) is 8.31. The summed E-state index contributed by atoms with van der Waals surface area (Å²) < 4.78 is 0. The van der Waals surface area contributed by atoms with Crippen LogP contribution in [0.5, 0.6) is 0 Å². The van der Waals surface area contributed by atoms with E-state index in [1.807, 2.05) is 23.7 Å². The minimum absolute atomic E-state index is 0.495. The van der Waals surface area contributed by atoms with Crippen molar-refractivity contribution < 1.29 is 0 Å². The largest absolute Gasteiger partial charge is 0.361 e. The maximum absolute atomic E-state index is 9.47. The summed E-state index contributed by atoms with van der Waals surface area (Å²) in [6.07, 6.45) is 5.24. The van der Waals surface area contributed by atoms with Gasteiger partial charge in [0.1, 0.15) is 6.07 Å². The fraction of sp³-hybridized carbons (Fsp3) is 0.0556. The molecule has 0 atom stereocenters. The maximum atomic E-state index is 9.47. The number of aromatic amines is 1. The van der Waals surface area contributed by atoms with Crippen molar-refractivity contribution in [2.45, 2.75) is 6.92 Å². The lowest BCUT2D eigenvalue weighted by molar-refractivity contribution is 1.28. The number of benzene rings is 1. The smallest absolute Gasteiger partial charge is 0.103 e. The molecule has 3 heterocycles. The number of hydrogen-bond donors (Lipinski definition) is 2. The molecular weight excluding hydrogens is 318 g/mol. The van der Waals surface area contributed by atoms with E-state index in [0.29, 0.717) is 5.56 Å². The molecule has 3 aromatic heterocycles. The Morgan fingerprint density at radius 3 is 2.96 bits per heavy atom. The molecule has 4 rings (SSSR count). The molecule has 24 heavy (non-hydrogen) atoms. The lowest BCUT2D eigenvalue weighted by atomic mass is 10.1. The Hall–Kier alpha value is -3.17. The molecule has 0 aliphatic rings. The molecule has 6 heteroatoms. The number of H-pyrrole nitrogens is 1. The number of thiazole rings is 1. The van der Waals surface area contributed by atoms with Crippen LogP contribution in [0.15, 0.2) is 47.7 Å². The van der Waals surface area contributed by atoms with E-state index in [4.69, 9.17) is 0 Å². The van der Waals surface area contributed by atoms with Crippen molar-refractivity contribution >= 4 is 33.6 Å². The summed E-state index contributed by atoms with van der Waals surface area (Å²) in [4.78, 5) is 11.7. The van der Waals surface area contributed by atoms with E-state index >= 15 is 0 Å². The van der Waals surface area contributed by atoms with Crippen molar-refractivity contribution in [3.8, 4) is 17.3 Å². The lowest BCUT2D eigenvalue weighted by Gasteiger charge is -2.14. The standard InChI is InChI=1S/C18H13N5S/c1-11-13-4-5-21-16(13)3-2-15(11)23-18-12(6-19)7-20-8-14(18)17-9-24-10-22-17/h2-5,7-10,21H,1H3,(H,20,23). The zero-order valence-corrected chi connectivity index (χ0v) is 13.7. The fourth-order valence-corrected chi connectivity index (χ4v) is 3.33. The molecule has 0 unspecified atom stereocenters. The third kappa shape index (κ3) is 2.32. The summed E-state index contributed by atoms with van der Waals surface area (Å²) in [5.41, 5.74) is 7.81. The van der Waals surface area contributed by atoms with E-state index in [1.54, 1.807) is 17.9 Å².